The van der Waals surface area contributed by atoms with Gasteiger partial charge in [0.1, 0.15) is 11.5 Å². The van der Waals surface area contributed by atoms with E-state index in [0.29, 0.717) is 43.6 Å². The molecule has 2 saturated heterocycles. The molecule has 7 aliphatic rings. The van der Waals surface area contributed by atoms with E-state index in [1.54, 1.807) is 0 Å². The number of hydrogen-bond acceptors (Lipinski definition) is 6. The van der Waals surface area contributed by atoms with Gasteiger partial charge in [-0.1, -0.05) is 53.2 Å². The van der Waals surface area contributed by atoms with Gasteiger partial charge in [0.25, 0.3) is 0 Å². The van der Waals surface area contributed by atoms with E-state index in [0.717, 1.165) is 32.1 Å². The van der Waals surface area contributed by atoms with Gasteiger partial charge in [0.05, 0.1) is 13.7 Å². The number of esters is 2. The van der Waals surface area contributed by atoms with Crippen molar-refractivity contribution in [3.8, 4) is 0 Å². The van der Waals surface area contributed by atoms with E-state index in [1.807, 2.05) is 0 Å². The van der Waals surface area contributed by atoms with Crippen LogP contribution in [0.1, 0.15) is 99.8 Å². The van der Waals surface area contributed by atoms with Crippen LogP contribution in [0.15, 0.2) is 11.6 Å². The van der Waals surface area contributed by atoms with Crippen LogP contribution in [0.25, 0.3) is 0 Å². The Bertz CT molecular complexity index is 1100. The van der Waals surface area contributed by atoms with E-state index in [2.05, 4.69) is 47.6 Å². The molecule has 2 heterocycles. The molecule has 6 nitrogen and oxygen atoms in total. The maximum atomic E-state index is 13.8. The van der Waals surface area contributed by atoms with Crippen molar-refractivity contribution in [2.75, 3.05) is 13.7 Å². The normalized spacial score (nSPS) is 53.3. The Balaban J connectivity index is 1.48. The molecule has 5 aliphatic carbocycles. The van der Waals surface area contributed by atoms with E-state index in [4.69, 9.17) is 14.2 Å². The highest BCUT2D eigenvalue weighted by Crippen LogP contribution is 2.78. The Hall–Kier alpha value is -1.40. The number of allylic oxidation sites excluding steroid dienone is 2. The average Bonchev–Trinajstić information content (AvgIpc) is 2.87. The Morgan fingerprint density at radius 1 is 1.03 bits per heavy atom. The molecule has 0 amide bonds. The molecule has 2 aliphatic heterocycles. The third kappa shape index (κ3) is 3.12. The van der Waals surface area contributed by atoms with Gasteiger partial charge in [-0.05, 0) is 79.4 Å². The minimum absolute atomic E-state index is 0.0136. The molecular formula is C33H50O6. The molecule has 39 heavy (non-hydrogen) atoms. The van der Waals surface area contributed by atoms with Crippen molar-refractivity contribution in [3.63, 3.8) is 0 Å². The summed E-state index contributed by atoms with van der Waals surface area (Å²) in [6, 6.07) is 0. The lowest BCUT2D eigenvalue weighted by Gasteiger charge is -2.75. The topological polar surface area (TPSA) is 82.1 Å². The van der Waals surface area contributed by atoms with Crippen LogP contribution >= 0.6 is 0 Å². The van der Waals surface area contributed by atoms with Crippen molar-refractivity contribution in [2.24, 2.45) is 56.7 Å². The number of carbonyl (C=O) groups is 2. The highest BCUT2D eigenvalue weighted by molar-refractivity contribution is 5.80. The zero-order valence-corrected chi connectivity index (χ0v) is 25.4. The van der Waals surface area contributed by atoms with E-state index in [-0.39, 0.29) is 45.4 Å². The third-order valence-electron chi connectivity index (χ3n) is 14.4. The highest BCUT2D eigenvalue weighted by Gasteiger charge is 2.75. The molecule has 0 aromatic carbocycles. The third-order valence-corrected chi connectivity index (χ3v) is 14.4. The van der Waals surface area contributed by atoms with Crippen LogP contribution in [0.2, 0.25) is 0 Å². The van der Waals surface area contributed by atoms with Crippen molar-refractivity contribution in [2.45, 2.75) is 112 Å². The maximum Gasteiger partial charge on any atom is 0.316 e. The van der Waals surface area contributed by atoms with Crippen molar-refractivity contribution in [1.82, 2.24) is 0 Å². The Morgan fingerprint density at radius 3 is 2.36 bits per heavy atom. The summed E-state index contributed by atoms with van der Waals surface area (Å²) >= 11 is 0. The molecule has 0 aromatic heterocycles. The van der Waals surface area contributed by atoms with Crippen LogP contribution in [-0.4, -0.2) is 42.7 Å². The second kappa shape index (κ2) is 8.33. The first kappa shape index (κ1) is 27.8. The standard InChI is InChI=1S/C33H50O6/c1-19-17-25(39-21(3)34)32(27(35)37-8)15-13-29(6)22(26(32)20(19)2)9-10-24-30(29,7)12-11-23-28(4,5)33(36)16-14-31(23,24)18-38-33/h9,19-20,23-26,36H,10-18H2,1-8H3. The first-order valence-corrected chi connectivity index (χ1v) is 15.5. The fraction of sp³-hybridized carbons (Fsp3) is 0.879. The van der Waals surface area contributed by atoms with Gasteiger partial charge in [-0.15, -0.1) is 0 Å². The summed E-state index contributed by atoms with van der Waals surface area (Å²) in [6.45, 7) is 16.1. The number of carbonyl (C=O) groups excluding carboxylic acids is 2. The van der Waals surface area contributed by atoms with Gasteiger partial charge in [-0.3, -0.25) is 9.59 Å². The molecule has 2 bridgehead atoms. The van der Waals surface area contributed by atoms with Crippen LogP contribution in [0, 0.1) is 56.7 Å². The molecule has 6 heteroatoms. The lowest BCUT2D eigenvalue weighted by Crippen LogP contribution is -2.73. The molecule has 4 saturated carbocycles. The molecule has 11 atom stereocenters. The predicted octanol–water partition coefficient (Wildman–Crippen LogP) is 6.06. The van der Waals surface area contributed by atoms with Crippen molar-refractivity contribution in [3.05, 3.63) is 11.6 Å². The number of fused-ring (bicyclic) bond motifs is 7. The largest absolute Gasteiger partial charge is 0.468 e. The van der Waals surface area contributed by atoms with Crippen molar-refractivity contribution >= 4 is 11.9 Å². The lowest BCUT2D eigenvalue weighted by atomic mass is 9.32. The Kier molecular flexibility index (Phi) is 5.93. The molecule has 1 spiro atoms. The Morgan fingerprint density at radius 2 is 1.74 bits per heavy atom. The highest BCUT2D eigenvalue weighted by atomic mass is 16.6. The van der Waals surface area contributed by atoms with Crippen molar-refractivity contribution < 1.29 is 28.9 Å². The van der Waals surface area contributed by atoms with Crippen LogP contribution in [0.3, 0.4) is 0 Å². The fourth-order valence-corrected chi connectivity index (χ4v) is 11.8. The second-order valence-corrected chi connectivity index (χ2v) is 15.5. The number of hydrogen-bond donors (Lipinski definition) is 1. The minimum atomic E-state index is -1.02. The lowest BCUT2D eigenvalue weighted by molar-refractivity contribution is -0.395. The number of aliphatic hydroxyl groups is 1. The van der Waals surface area contributed by atoms with Crippen LogP contribution < -0.4 is 0 Å². The summed E-state index contributed by atoms with van der Waals surface area (Å²) in [7, 11) is 1.48. The van der Waals surface area contributed by atoms with Gasteiger partial charge in [-0.2, -0.15) is 0 Å². The fourth-order valence-electron chi connectivity index (χ4n) is 11.8. The van der Waals surface area contributed by atoms with E-state index in [9.17, 15) is 14.7 Å². The molecule has 0 radical (unpaired) electrons. The summed E-state index contributed by atoms with van der Waals surface area (Å²) in [4.78, 5) is 26.1. The molecule has 7 rings (SSSR count). The molecular weight excluding hydrogens is 492 g/mol. The van der Waals surface area contributed by atoms with Gasteiger partial charge < -0.3 is 19.3 Å². The van der Waals surface area contributed by atoms with Crippen LogP contribution in [0.4, 0.5) is 0 Å². The molecule has 218 valence electrons. The Labute approximate surface area is 234 Å². The van der Waals surface area contributed by atoms with Crippen LogP contribution in [-0.2, 0) is 23.8 Å². The average molecular weight is 543 g/mol. The first-order chi connectivity index (χ1) is 18.1. The van der Waals surface area contributed by atoms with Gasteiger partial charge in [0.15, 0.2) is 5.79 Å². The zero-order valence-electron chi connectivity index (χ0n) is 25.4. The summed E-state index contributed by atoms with van der Waals surface area (Å²) in [5.74, 6) is -0.0684. The van der Waals surface area contributed by atoms with Gasteiger partial charge in [0.2, 0.25) is 0 Å². The molecule has 6 fully saturated rings. The molecule has 0 aromatic rings. The zero-order chi connectivity index (χ0) is 28.4. The van der Waals surface area contributed by atoms with Crippen molar-refractivity contribution in [1.29, 1.82) is 0 Å². The number of ether oxygens (including phenoxy) is 3. The smallest absolute Gasteiger partial charge is 0.316 e. The quantitative estimate of drug-likeness (QED) is 0.338. The first-order valence-electron chi connectivity index (χ1n) is 15.5. The molecule has 11 unspecified atom stereocenters. The molecule has 1 N–H and O–H groups in total. The predicted molar refractivity (Wildman–Crippen MR) is 147 cm³/mol. The summed E-state index contributed by atoms with van der Waals surface area (Å²) in [5.41, 5.74) is 0.348. The summed E-state index contributed by atoms with van der Waals surface area (Å²) < 4.78 is 17.9. The van der Waals surface area contributed by atoms with Gasteiger partial charge in [-0.25, -0.2) is 0 Å². The van der Waals surface area contributed by atoms with E-state index in [1.165, 1.54) is 19.6 Å². The second-order valence-electron chi connectivity index (χ2n) is 15.5. The SMILES string of the molecule is COC(=O)C12CCC3(C)C(=CCC4C56CCC(O)(OC5)C(C)(C)C6CCC43C)C1C(C)C(C)CC2OC(C)=O. The maximum absolute atomic E-state index is 13.8. The number of methoxy groups -OCH3 is 1. The monoisotopic (exact) mass is 542 g/mol. The van der Waals surface area contributed by atoms with Gasteiger partial charge >= 0.3 is 11.9 Å². The van der Waals surface area contributed by atoms with Gasteiger partial charge in [0, 0.05) is 30.1 Å². The minimum Gasteiger partial charge on any atom is -0.468 e. The summed E-state index contributed by atoms with van der Waals surface area (Å²) in [6.07, 6.45) is 9.21. The number of rotatable bonds is 2. The summed E-state index contributed by atoms with van der Waals surface area (Å²) in [5, 5.41) is 11.4. The van der Waals surface area contributed by atoms with E-state index < -0.39 is 17.3 Å². The van der Waals surface area contributed by atoms with Crippen LogP contribution in [0.5, 0.6) is 0 Å². The van der Waals surface area contributed by atoms with E-state index >= 15 is 0 Å².